The van der Waals surface area contributed by atoms with E-state index in [0.717, 1.165) is 0 Å². The van der Waals surface area contributed by atoms with Gasteiger partial charge in [0.15, 0.2) is 11.5 Å². The van der Waals surface area contributed by atoms with Crippen LogP contribution in [0.4, 0.5) is 0 Å². The molecule has 0 unspecified atom stereocenters. The third-order valence-corrected chi connectivity index (χ3v) is 3.21. The Bertz CT molecular complexity index is 524. The molecule has 0 aromatic heterocycles. The fourth-order valence-corrected chi connectivity index (χ4v) is 2.33. The Kier molecular flexibility index (Phi) is 2.61. The van der Waals surface area contributed by atoms with Crippen LogP contribution in [0.5, 0.6) is 11.5 Å². The molecule has 0 radical (unpaired) electrons. The minimum absolute atomic E-state index is 0.537. The van der Waals surface area contributed by atoms with Gasteiger partial charge in [0.2, 0.25) is 0 Å². The van der Waals surface area contributed by atoms with Crippen LogP contribution in [0.25, 0.3) is 0 Å². The smallest absolute Gasteiger partial charge is 0.270 e. The summed E-state index contributed by atoms with van der Waals surface area (Å²) in [7, 11) is 0. The van der Waals surface area contributed by atoms with E-state index in [1.165, 1.54) is 0 Å². The summed E-state index contributed by atoms with van der Waals surface area (Å²) < 4.78 is 11.3. The number of para-hydroxylation sites is 2. The van der Waals surface area contributed by atoms with Gasteiger partial charge in [0.25, 0.3) is 6.29 Å². The van der Waals surface area contributed by atoms with E-state index >= 15 is 0 Å². The molecule has 0 saturated carbocycles. The van der Waals surface area contributed by atoms with E-state index in [2.05, 4.69) is 0 Å². The number of rotatable bonds is 1. The van der Waals surface area contributed by atoms with Crippen LogP contribution in [-0.2, 0) is 0 Å². The quantitative estimate of drug-likeness (QED) is 0.759. The lowest BCUT2D eigenvalue weighted by Crippen LogP contribution is -2.09. The molecule has 3 rings (SSSR count). The molecule has 0 atom stereocenters. The average Bonchev–Trinajstić information content (AvgIpc) is 2.71. The van der Waals surface area contributed by atoms with Crippen molar-refractivity contribution in [3.05, 3.63) is 58.1 Å². The molecular weight excluding hydrogens is 259 g/mol. The van der Waals surface area contributed by atoms with Crippen LogP contribution >= 0.6 is 23.2 Å². The summed E-state index contributed by atoms with van der Waals surface area (Å²) in [5, 5.41) is 1.07. The van der Waals surface area contributed by atoms with E-state index in [-0.39, 0.29) is 0 Å². The standard InChI is InChI=1S/C13H8Cl2O2/c14-8-4-3-5-9(15)12(8)13-16-10-6-1-2-7-11(10)17-13/h1-7,13H. The van der Waals surface area contributed by atoms with Crippen molar-refractivity contribution in [3.63, 3.8) is 0 Å². The van der Waals surface area contributed by atoms with Crippen molar-refractivity contribution in [2.75, 3.05) is 0 Å². The highest BCUT2D eigenvalue weighted by molar-refractivity contribution is 6.36. The maximum atomic E-state index is 6.11. The summed E-state index contributed by atoms with van der Waals surface area (Å²) in [6, 6.07) is 12.8. The molecule has 17 heavy (non-hydrogen) atoms. The lowest BCUT2D eigenvalue weighted by Gasteiger charge is -2.13. The molecule has 4 heteroatoms. The van der Waals surface area contributed by atoms with Crippen LogP contribution in [0, 0.1) is 0 Å². The van der Waals surface area contributed by atoms with Crippen LogP contribution in [0.1, 0.15) is 11.9 Å². The van der Waals surface area contributed by atoms with Crippen molar-refractivity contribution in [1.29, 1.82) is 0 Å². The summed E-state index contributed by atoms with van der Waals surface area (Å²) in [4.78, 5) is 0. The molecule has 86 valence electrons. The maximum Gasteiger partial charge on any atom is 0.270 e. The van der Waals surface area contributed by atoms with Gasteiger partial charge in [0.05, 0.1) is 15.6 Å². The van der Waals surface area contributed by atoms with Gasteiger partial charge < -0.3 is 9.47 Å². The summed E-state index contributed by atoms with van der Waals surface area (Å²) in [5.74, 6) is 1.40. The third-order valence-electron chi connectivity index (χ3n) is 2.55. The average molecular weight is 267 g/mol. The Morgan fingerprint density at radius 2 is 1.29 bits per heavy atom. The lowest BCUT2D eigenvalue weighted by atomic mass is 10.2. The number of fused-ring (bicyclic) bond motifs is 1. The van der Waals surface area contributed by atoms with Crippen molar-refractivity contribution in [2.45, 2.75) is 6.29 Å². The Hall–Kier alpha value is -1.38. The van der Waals surface area contributed by atoms with Gasteiger partial charge in [-0.3, -0.25) is 0 Å². The molecule has 2 aromatic carbocycles. The number of hydrogen-bond acceptors (Lipinski definition) is 2. The van der Waals surface area contributed by atoms with Crippen molar-refractivity contribution in [3.8, 4) is 11.5 Å². The molecule has 0 spiro atoms. The first kappa shape index (κ1) is 10.8. The Morgan fingerprint density at radius 1 is 0.765 bits per heavy atom. The molecule has 2 aromatic rings. The first-order chi connectivity index (χ1) is 8.25. The van der Waals surface area contributed by atoms with Gasteiger partial charge in [-0.05, 0) is 24.3 Å². The van der Waals surface area contributed by atoms with Crippen LogP contribution in [-0.4, -0.2) is 0 Å². The normalized spacial score (nSPS) is 14.0. The molecule has 0 amide bonds. The van der Waals surface area contributed by atoms with Gasteiger partial charge in [0, 0.05) is 0 Å². The van der Waals surface area contributed by atoms with Gasteiger partial charge >= 0.3 is 0 Å². The van der Waals surface area contributed by atoms with Crippen LogP contribution in [0.15, 0.2) is 42.5 Å². The number of benzene rings is 2. The highest BCUT2D eigenvalue weighted by atomic mass is 35.5. The number of hydrogen-bond donors (Lipinski definition) is 0. The van der Waals surface area contributed by atoms with Crippen molar-refractivity contribution in [2.24, 2.45) is 0 Å². The summed E-state index contributed by atoms with van der Waals surface area (Å²) in [5.41, 5.74) is 0.659. The lowest BCUT2D eigenvalue weighted by molar-refractivity contribution is 0.0489. The highest BCUT2D eigenvalue weighted by Gasteiger charge is 2.28. The Balaban J connectivity index is 1.99. The van der Waals surface area contributed by atoms with Gasteiger partial charge in [-0.2, -0.15) is 0 Å². The van der Waals surface area contributed by atoms with Crippen LogP contribution < -0.4 is 9.47 Å². The Labute approximate surface area is 109 Å². The minimum Gasteiger partial charge on any atom is -0.447 e. The molecule has 0 aliphatic carbocycles. The van der Waals surface area contributed by atoms with Crippen molar-refractivity contribution in [1.82, 2.24) is 0 Å². The molecule has 0 saturated heterocycles. The largest absolute Gasteiger partial charge is 0.447 e. The molecule has 1 aliphatic rings. The summed E-state index contributed by atoms with van der Waals surface area (Å²) >= 11 is 12.2. The zero-order valence-electron chi connectivity index (χ0n) is 8.69. The fourth-order valence-electron chi connectivity index (χ4n) is 1.75. The summed E-state index contributed by atoms with van der Waals surface area (Å²) in [6.07, 6.45) is -0.575. The van der Waals surface area contributed by atoms with Gasteiger partial charge in [-0.1, -0.05) is 41.4 Å². The molecule has 1 aliphatic heterocycles. The predicted octanol–water partition coefficient (Wildman–Crippen LogP) is 4.46. The van der Waals surface area contributed by atoms with E-state index in [9.17, 15) is 0 Å². The number of ether oxygens (including phenoxy) is 2. The van der Waals surface area contributed by atoms with E-state index in [4.69, 9.17) is 32.7 Å². The minimum atomic E-state index is -0.575. The van der Waals surface area contributed by atoms with E-state index in [1.54, 1.807) is 18.2 Å². The van der Waals surface area contributed by atoms with Crippen LogP contribution in [0.2, 0.25) is 10.0 Å². The van der Waals surface area contributed by atoms with Gasteiger partial charge in [0.1, 0.15) is 0 Å². The third kappa shape index (κ3) is 1.84. The van der Waals surface area contributed by atoms with Crippen molar-refractivity contribution < 1.29 is 9.47 Å². The van der Waals surface area contributed by atoms with Gasteiger partial charge in [-0.25, -0.2) is 0 Å². The SMILES string of the molecule is Clc1cccc(Cl)c1C1Oc2ccccc2O1. The molecule has 1 heterocycles. The molecule has 2 nitrogen and oxygen atoms in total. The second-order valence-corrected chi connectivity index (χ2v) is 4.46. The highest BCUT2D eigenvalue weighted by Crippen LogP contribution is 2.43. The number of halogens is 2. The second kappa shape index (κ2) is 4.13. The molecule has 0 fully saturated rings. The van der Waals surface area contributed by atoms with E-state index < -0.39 is 6.29 Å². The zero-order valence-corrected chi connectivity index (χ0v) is 10.2. The summed E-state index contributed by atoms with van der Waals surface area (Å²) in [6.45, 7) is 0. The fraction of sp³-hybridized carbons (Fsp3) is 0.0769. The first-order valence-corrected chi connectivity index (χ1v) is 5.87. The van der Waals surface area contributed by atoms with E-state index in [1.807, 2.05) is 24.3 Å². The topological polar surface area (TPSA) is 18.5 Å². The molecule has 0 N–H and O–H groups in total. The van der Waals surface area contributed by atoms with Crippen LogP contribution in [0.3, 0.4) is 0 Å². The molecular formula is C13H8Cl2O2. The zero-order chi connectivity index (χ0) is 11.8. The Morgan fingerprint density at radius 3 is 1.82 bits per heavy atom. The first-order valence-electron chi connectivity index (χ1n) is 5.12. The second-order valence-electron chi connectivity index (χ2n) is 3.65. The van der Waals surface area contributed by atoms with E-state index in [0.29, 0.717) is 27.1 Å². The van der Waals surface area contributed by atoms with Gasteiger partial charge in [-0.15, -0.1) is 0 Å². The maximum absolute atomic E-state index is 6.11. The monoisotopic (exact) mass is 266 g/mol. The molecule has 0 bridgehead atoms. The van der Waals surface area contributed by atoms with Crippen molar-refractivity contribution >= 4 is 23.2 Å². The predicted molar refractivity (Wildman–Crippen MR) is 66.9 cm³/mol.